The fourth-order valence-electron chi connectivity index (χ4n) is 4.23. The smallest absolute Gasteiger partial charge is 0.355 e. The Labute approximate surface area is 183 Å². The van der Waals surface area contributed by atoms with Gasteiger partial charge in [0.25, 0.3) is 5.91 Å². The Kier molecular flexibility index (Phi) is 6.65. The number of para-hydroxylation sites is 1. The van der Waals surface area contributed by atoms with Crippen LogP contribution in [0.4, 0.5) is 5.69 Å². The third-order valence-corrected chi connectivity index (χ3v) is 5.96. The first-order valence-corrected chi connectivity index (χ1v) is 11.1. The van der Waals surface area contributed by atoms with Gasteiger partial charge in [-0.05, 0) is 37.5 Å². The van der Waals surface area contributed by atoms with Crippen LogP contribution in [0.3, 0.4) is 0 Å². The van der Waals surface area contributed by atoms with Crippen molar-refractivity contribution in [3.63, 3.8) is 0 Å². The Balaban J connectivity index is 1.45. The molecule has 1 aliphatic carbocycles. The van der Waals surface area contributed by atoms with Gasteiger partial charge in [0.15, 0.2) is 6.10 Å². The molecule has 1 N–H and O–H groups in total. The SMILES string of the molecule is CC(OC(=O)C1=NN(c2ccccc2)C(c2ccccc2)C1)C(=O)NC1CCCCC1. The first-order chi connectivity index (χ1) is 15.1. The van der Waals surface area contributed by atoms with Crippen LogP contribution in [0.15, 0.2) is 65.8 Å². The fourth-order valence-corrected chi connectivity index (χ4v) is 4.23. The molecule has 1 amide bonds. The molecule has 2 aromatic carbocycles. The minimum Gasteiger partial charge on any atom is -0.448 e. The number of esters is 1. The van der Waals surface area contributed by atoms with Crippen LogP contribution < -0.4 is 10.3 Å². The molecule has 6 nitrogen and oxygen atoms in total. The highest BCUT2D eigenvalue weighted by Crippen LogP contribution is 2.35. The molecule has 2 aliphatic rings. The minimum atomic E-state index is -0.849. The van der Waals surface area contributed by atoms with Crippen LogP contribution in [0.1, 0.15) is 57.1 Å². The Hall–Kier alpha value is -3.15. The molecule has 0 spiro atoms. The standard InChI is InChI=1S/C25H29N3O3/c1-18(24(29)26-20-13-7-3-8-14-20)31-25(30)22-17-23(19-11-5-2-6-12-19)28(27-22)21-15-9-4-10-16-21/h2,4-6,9-12,15-16,18,20,23H,3,7-8,13-14,17H2,1H3,(H,26,29). The molecule has 31 heavy (non-hydrogen) atoms. The van der Waals surface area contributed by atoms with Crippen LogP contribution in [0, 0.1) is 0 Å². The Morgan fingerprint density at radius 2 is 1.65 bits per heavy atom. The van der Waals surface area contributed by atoms with Crippen LogP contribution in [0.5, 0.6) is 0 Å². The zero-order chi connectivity index (χ0) is 21.6. The van der Waals surface area contributed by atoms with Crippen molar-refractivity contribution in [2.24, 2.45) is 5.10 Å². The Bertz CT molecular complexity index is 924. The maximum absolute atomic E-state index is 12.8. The second kappa shape index (κ2) is 9.77. The van der Waals surface area contributed by atoms with E-state index in [9.17, 15) is 9.59 Å². The molecule has 1 saturated carbocycles. The lowest BCUT2D eigenvalue weighted by Gasteiger charge is -2.24. The number of rotatable bonds is 6. The highest BCUT2D eigenvalue weighted by Gasteiger charge is 2.34. The van der Waals surface area contributed by atoms with Gasteiger partial charge in [-0.2, -0.15) is 5.10 Å². The molecule has 2 atom stereocenters. The van der Waals surface area contributed by atoms with Crippen molar-refractivity contribution in [1.29, 1.82) is 0 Å². The number of hydrazone groups is 1. The summed E-state index contributed by atoms with van der Waals surface area (Å²) in [5.74, 6) is -0.774. The molecule has 162 valence electrons. The van der Waals surface area contributed by atoms with Gasteiger partial charge >= 0.3 is 5.97 Å². The molecule has 0 bridgehead atoms. The van der Waals surface area contributed by atoms with E-state index in [1.807, 2.05) is 65.7 Å². The zero-order valence-electron chi connectivity index (χ0n) is 17.9. The van der Waals surface area contributed by atoms with Crippen LogP contribution in [0.25, 0.3) is 0 Å². The summed E-state index contributed by atoms with van der Waals surface area (Å²) in [7, 11) is 0. The van der Waals surface area contributed by atoms with Crippen LogP contribution in [-0.2, 0) is 14.3 Å². The normalized spacial score (nSPS) is 20.1. The molecule has 0 aromatic heterocycles. The number of carbonyl (C=O) groups is 2. The van der Waals surface area contributed by atoms with Gasteiger partial charge in [-0.1, -0.05) is 67.8 Å². The average Bonchev–Trinajstić information content (AvgIpc) is 3.27. The third kappa shape index (κ3) is 5.13. The van der Waals surface area contributed by atoms with Gasteiger partial charge in [-0.15, -0.1) is 0 Å². The van der Waals surface area contributed by atoms with Gasteiger partial charge in [-0.3, -0.25) is 9.80 Å². The van der Waals surface area contributed by atoms with Gasteiger partial charge < -0.3 is 10.1 Å². The maximum atomic E-state index is 12.8. The summed E-state index contributed by atoms with van der Waals surface area (Å²) in [4.78, 5) is 25.3. The number of ether oxygens (including phenoxy) is 1. The monoisotopic (exact) mass is 419 g/mol. The van der Waals surface area contributed by atoms with Crippen molar-refractivity contribution >= 4 is 23.3 Å². The molecule has 1 heterocycles. The second-order valence-corrected chi connectivity index (χ2v) is 8.25. The zero-order valence-corrected chi connectivity index (χ0v) is 17.9. The van der Waals surface area contributed by atoms with Crippen molar-refractivity contribution in [3.05, 3.63) is 66.2 Å². The minimum absolute atomic E-state index is 0.0995. The summed E-state index contributed by atoms with van der Waals surface area (Å²) in [6, 6.07) is 19.8. The van der Waals surface area contributed by atoms with Crippen LogP contribution in [0.2, 0.25) is 0 Å². The number of carbonyl (C=O) groups excluding carboxylic acids is 2. The van der Waals surface area contributed by atoms with E-state index in [4.69, 9.17) is 4.74 Å². The second-order valence-electron chi connectivity index (χ2n) is 8.25. The summed E-state index contributed by atoms with van der Waals surface area (Å²) in [5.41, 5.74) is 2.30. The van der Waals surface area contributed by atoms with E-state index in [-0.39, 0.29) is 18.0 Å². The lowest BCUT2D eigenvalue weighted by molar-refractivity contribution is -0.149. The van der Waals surface area contributed by atoms with Crippen LogP contribution >= 0.6 is 0 Å². The summed E-state index contributed by atoms with van der Waals surface area (Å²) >= 11 is 0. The summed E-state index contributed by atoms with van der Waals surface area (Å²) in [6.45, 7) is 1.62. The van der Waals surface area contributed by atoms with Gasteiger partial charge in [0, 0.05) is 12.5 Å². The first kappa shape index (κ1) is 21.1. The highest BCUT2D eigenvalue weighted by molar-refractivity contribution is 6.37. The quantitative estimate of drug-likeness (QED) is 0.706. The van der Waals surface area contributed by atoms with Crippen molar-refractivity contribution in [3.8, 4) is 0 Å². The lowest BCUT2D eigenvalue weighted by atomic mass is 9.95. The molecule has 0 radical (unpaired) electrons. The average molecular weight is 420 g/mol. The van der Waals surface area contributed by atoms with Crippen LogP contribution in [-0.4, -0.2) is 29.7 Å². The Morgan fingerprint density at radius 3 is 2.32 bits per heavy atom. The van der Waals surface area contributed by atoms with Crippen molar-refractivity contribution in [2.75, 3.05) is 5.01 Å². The van der Waals surface area contributed by atoms with Crippen molar-refractivity contribution in [1.82, 2.24) is 5.32 Å². The number of hydrogen-bond donors (Lipinski definition) is 1. The van der Waals surface area contributed by atoms with E-state index in [0.29, 0.717) is 12.1 Å². The number of nitrogens with zero attached hydrogens (tertiary/aromatic N) is 2. The number of anilines is 1. The number of benzene rings is 2. The molecule has 1 fully saturated rings. The molecular formula is C25H29N3O3. The van der Waals surface area contributed by atoms with Gasteiger partial charge in [0.1, 0.15) is 5.71 Å². The summed E-state index contributed by atoms with van der Waals surface area (Å²) in [5, 5.41) is 9.47. The van der Waals surface area contributed by atoms with Crippen molar-refractivity contribution < 1.29 is 14.3 Å². The predicted molar refractivity (Wildman–Crippen MR) is 121 cm³/mol. The molecule has 2 aromatic rings. The molecule has 2 unspecified atom stereocenters. The Morgan fingerprint density at radius 1 is 1.00 bits per heavy atom. The van der Waals surface area contributed by atoms with E-state index in [1.165, 1.54) is 6.42 Å². The van der Waals surface area contributed by atoms with Gasteiger partial charge in [0.2, 0.25) is 0 Å². The van der Waals surface area contributed by atoms with E-state index < -0.39 is 12.1 Å². The molecule has 6 heteroatoms. The third-order valence-electron chi connectivity index (χ3n) is 5.96. The lowest BCUT2D eigenvalue weighted by Crippen LogP contribution is -2.43. The number of amides is 1. The molecule has 0 saturated heterocycles. The van der Waals surface area contributed by atoms with E-state index in [2.05, 4.69) is 10.4 Å². The number of hydrogen-bond acceptors (Lipinski definition) is 5. The molecule has 1 aliphatic heterocycles. The maximum Gasteiger partial charge on any atom is 0.355 e. The van der Waals surface area contributed by atoms with E-state index in [0.717, 1.165) is 36.9 Å². The fraction of sp³-hybridized carbons (Fsp3) is 0.400. The van der Waals surface area contributed by atoms with Gasteiger partial charge in [0.05, 0.1) is 11.7 Å². The largest absolute Gasteiger partial charge is 0.448 e. The topological polar surface area (TPSA) is 71.0 Å². The number of nitrogens with one attached hydrogen (secondary N) is 1. The van der Waals surface area contributed by atoms with E-state index >= 15 is 0 Å². The molecule has 4 rings (SSSR count). The first-order valence-electron chi connectivity index (χ1n) is 11.1. The van der Waals surface area contributed by atoms with E-state index in [1.54, 1.807) is 6.92 Å². The summed E-state index contributed by atoms with van der Waals surface area (Å²) in [6.07, 6.45) is 5.04. The van der Waals surface area contributed by atoms with Crippen molar-refractivity contribution in [2.45, 2.75) is 63.6 Å². The predicted octanol–water partition coefficient (Wildman–Crippen LogP) is 4.37. The molecular weight excluding hydrogens is 390 g/mol. The van der Waals surface area contributed by atoms with Gasteiger partial charge in [-0.25, -0.2) is 4.79 Å². The highest BCUT2D eigenvalue weighted by atomic mass is 16.5. The summed E-state index contributed by atoms with van der Waals surface area (Å²) < 4.78 is 5.50.